The van der Waals surface area contributed by atoms with Crippen molar-refractivity contribution in [2.24, 2.45) is 0 Å². The second-order valence-corrected chi connectivity index (χ2v) is 5.26. The van der Waals surface area contributed by atoms with Crippen LogP contribution in [0.25, 0.3) is 0 Å². The first kappa shape index (κ1) is 14.0. The van der Waals surface area contributed by atoms with Crippen LogP contribution in [0.5, 0.6) is 11.5 Å². The second kappa shape index (κ2) is 5.70. The van der Waals surface area contributed by atoms with Crippen molar-refractivity contribution in [3.05, 3.63) is 23.3 Å². The zero-order chi connectivity index (χ0) is 14.0. The van der Waals surface area contributed by atoms with Gasteiger partial charge in [-0.2, -0.15) is 0 Å². The molecule has 1 aromatic carbocycles. The molecule has 0 radical (unpaired) electrons. The van der Waals surface area contributed by atoms with Gasteiger partial charge in [-0.15, -0.1) is 11.6 Å². The predicted octanol–water partition coefficient (Wildman–Crippen LogP) is 2.22. The van der Waals surface area contributed by atoms with Gasteiger partial charge in [0.25, 0.3) is 0 Å². The van der Waals surface area contributed by atoms with Gasteiger partial charge in [0.2, 0.25) is 5.91 Å². The van der Waals surface area contributed by atoms with E-state index in [2.05, 4.69) is 0 Å². The van der Waals surface area contributed by atoms with E-state index in [4.69, 9.17) is 21.1 Å². The number of alkyl halides is 1. The molecule has 0 saturated carbocycles. The molecule has 4 nitrogen and oxygen atoms in total. The fraction of sp³-hybridized carbons (Fsp3) is 0.500. The molecule has 1 atom stereocenters. The van der Waals surface area contributed by atoms with Gasteiger partial charge in [-0.05, 0) is 36.6 Å². The summed E-state index contributed by atoms with van der Waals surface area (Å²) in [5, 5.41) is -0.485. The SMILES string of the molecule is COc1cc2c(cc1OC)CN(C(=O)[C@H](C)Cl)CC2. The minimum Gasteiger partial charge on any atom is -0.493 e. The van der Waals surface area contributed by atoms with E-state index in [1.165, 1.54) is 5.56 Å². The normalized spacial score (nSPS) is 15.7. The zero-order valence-electron chi connectivity index (χ0n) is 11.4. The van der Waals surface area contributed by atoms with E-state index >= 15 is 0 Å². The number of amides is 1. The quantitative estimate of drug-likeness (QED) is 0.799. The van der Waals surface area contributed by atoms with Gasteiger partial charge in [0.15, 0.2) is 11.5 Å². The first-order valence-electron chi connectivity index (χ1n) is 6.23. The average Bonchev–Trinajstić information content (AvgIpc) is 2.44. The molecule has 1 aromatic rings. The molecule has 1 aliphatic rings. The Hall–Kier alpha value is -1.42. The lowest BCUT2D eigenvalue weighted by molar-refractivity contribution is -0.131. The number of ether oxygens (including phenoxy) is 2. The highest BCUT2D eigenvalue weighted by Crippen LogP contribution is 2.33. The molecule has 0 aromatic heterocycles. The molecule has 0 aliphatic carbocycles. The smallest absolute Gasteiger partial charge is 0.240 e. The van der Waals surface area contributed by atoms with E-state index in [1.54, 1.807) is 26.0 Å². The highest BCUT2D eigenvalue weighted by molar-refractivity contribution is 6.30. The highest BCUT2D eigenvalue weighted by atomic mass is 35.5. The Morgan fingerprint density at radius 2 is 1.84 bits per heavy atom. The number of carbonyl (C=O) groups is 1. The summed E-state index contributed by atoms with van der Waals surface area (Å²) in [5.74, 6) is 1.39. The molecule has 0 spiro atoms. The second-order valence-electron chi connectivity index (χ2n) is 4.60. The van der Waals surface area contributed by atoms with Gasteiger partial charge in [0, 0.05) is 13.1 Å². The minimum atomic E-state index is -0.485. The molecule has 1 aliphatic heterocycles. The van der Waals surface area contributed by atoms with Gasteiger partial charge >= 0.3 is 0 Å². The van der Waals surface area contributed by atoms with Crippen LogP contribution in [0.3, 0.4) is 0 Å². The predicted molar refractivity (Wildman–Crippen MR) is 74.0 cm³/mol. The Balaban J connectivity index is 2.27. The molecule has 0 N–H and O–H groups in total. The van der Waals surface area contributed by atoms with Gasteiger partial charge in [-0.3, -0.25) is 4.79 Å². The summed E-state index contributed by atoms with van der Waals surface area (Å²) in [6.45, 7) is 2.97. The summed E-state index contributed by atoms with van der Waals surface area (Å²) in [6, 6.07) is 3.92. The topological polar surface area (TPSA) is 38.8 Å². The lowest BCUT2D eigenvalue weighted by Gasteiger charge is -2.30. The first-order chi connectivity index (χ1) is 9.06. The van der Waals surface area contributed by atoms with E-state index in [0.717, 1.165) is 17.7 Å². The number of carbonyl (C=O) groups excluding carboxylic acids is 1. The third-order valence-electron chi connectivity index (χ3n) is 3.37. The van der Waals surface area contributed by atoms with Crippen LogP contribution in [-0.2, 0) is 17.8 Å². The Bertz CT molecular complexity index is 488. The van der Waals surface area contributed by atoms with Crippen molar-refractivity contribution in [2.75, 3.05) is 20.8 Å². The number of halogens is 1. The van der Waals surface area contributed by atoms with Crippen molar-refractivity contribution in [3.8, 4) is 11.5 Å². The monoisotopic (exact) mass is 283 g/mol. The van der Waals surface area contributed by atoms with Crippen molar-refractivity contribution in [1.82, 2.24) is 4.90 Å². The standard InChI is InChI=1S/C14H18ClNO3/c1-9(15)14(17)16-5-4-10-6-12(18-2)13(19-3)7-11(10)8-16/h6-7,9H,4-5,8H2,1-3H3/t9-/m0/s1. The van der Waals surface area contributed by atoms with Crippen LogP contribution in [0, 0.1) is 0 Å². The van der Waals surface area contributed by atoms with Crippen molar-refractivity contribution in [3.63, 3.8) is 0 Å². The average molecular weight is 284 g/mol. The third-order valence-corrected chi connectivity index (χ3v) is 3.56. The van der Waals surface area contributed by atoms with Gasteiger partial charge in [0.1, 0.15) is 5.38 Å². The van der Waals surface area contributed by atoms with Crippen LogP contribution in [0.2, 0.25) is 0 Å². The van der Waals surface area contributed by atoms with Crippen molar-refractivity contribution in [1.29, 1.82) is 0 Å². The summed E-state index contributed by atoms with van der Waals surface area (Å²) in [7, 11) is 3.23. The maximum atomic E-state index is 11.9. The number of rotatable bonds is 3. The van der Waals surface area contributed by atoms with E-state index < -0.39 is 5.38 Å². The van der Waals surface area contributed by atoms with Gasteiger partial charge in [-0.25, -0.2) is 0 Å². The molecule has 0 saturated heterocycles. The van der Waals surface area contributed by atoms with E-state index in [0.29, 0.717) is 18.8 Å². The molecule has 0 bridgehead atoms. The van der Waals surface area contributed by atoms with Crippen LogP contribution in [0.1, 0.15) is 18.1 Å². The number of benzene rings is 1. The van der Waals surface area contributed by atoms with Gasteiger partial charge in [0.05, 0.1) is 14.2 Å². The van der Waals surface area contributed by atoms with Crippen LogP contribution >= 0.6 is 11.6 Å². The van der Waals surface area contributed by atoms with Crippen LogP contribution in [-0.4, -0.2) is 36.9 Å². The highest BCUT2D eigenvalue weighted by Gasteiger charge is 2.24. The largest absolute Gasteiger partial charge is 0.493 e. The molecular weight excluding hydrogens is 266 g/mol. The van der Waals surface area contributed by atoms with E-state index in [9.17, 15) is 4.79 Å². The Kier molecular flexibility index (Phi) is 4.20. The van der Waals surface area contributed by atoms with Crippen LogP contribution < -0.4 is 9.47 Å². The number of nitrogens with zero attached hydrogens (tertiary/aromatic N) is 1. The fourth-order valence-electron chi connectivity index (χ4n) is 2.32. The Labute approximate surface area is 118 Å². The number of fused-ring (bicyclic) bond motifs is 1. The Morgan fingerprint density at radius 1 is 1.26 bits per heavy atom. The summed E-state index contributed by atoms with van der Waals surface area (Å²) < 4.78 is 10.6. The number of hydrogen-bond donors (Lipinski definition) is 0. The Morgan fingerprint density at radius 3 is 2.37 bits per heavy atom. The lowest BCUT2D eigenvalue weighted by atomic mass is 9.98. The van der Waals surface area contributed by atoms with Gasteiger partial charge in [-0.1, -0.05) is 0 Å². The molecule has 104 valence electrons. The maximum absolute atomic E-state index is 11.9. The minimum absolute atomic E-state index is 0.0258. The number of methoxy groups -OCH3 is 2. The molecule has 0 unspecified atom stereocenters. The third kappa shape index (κ3) is 2.78. The molecule has 1 amide bonds. The summed E-state index contributed by atoms with van der Waals surface area (Å²) in [4.78, 5) is 13.7. The molecule has 0 fully saturated rings. The number of hydrogen-bond acceptors (Lipinski definition) is 3. The molecule has 1 heterocycles. The van der Waals surface area contributed by atoms with Crippen molar-refractivity contribution in [2.45, 2.75) is 25.3 Å². The summed E-state index contributed by atoms with van der Waals surface area (Å²) in [5.41, 5.74) is 2.29. The van der Waals surface area contributed by atoms with Crippen LogP contribution in [0.4, 0.5) is 0 Å². The van der Waals surface area contributed by atoms with Gasteiger partial charge < -0.3 is 14.4 Å². The molecular formula is C14H18ClNO3. The van der Waals surface area contributed by atoms with E-state index in [1.807, 2.05) is 12.1 Å². The van der Waals surface area contributed by atoms with Crippen molar-refractivity contribution < 1.29 is 14.3 Å². The summed E-state index contributed by atoms with van der Waals surface area (Å²) >= 11 is 5.86. The zero-order valence-corrected chi connectivity index (χ0v) is 12.2. The molecule has 19 heavy (non-hydrogen) atoms. The maximum Gasteiger partial charge on any atom is 0.240 e. The first-order valence-corrected chi connectivity index (χ1v) is 6.67. The molecule has 2 rings (SSSR count). The summed E-state index contributed by atoms with van der Waals surface area (Å²) in [6.07, 6.45) is 0.811. The van der Waals surface area contributed by atoms with E-state index in [-0.39, 0.29) is 5.91 Å². The fourth-order valence-corrected chi connectivity index (χ4v) is 2.46. The van der Waals surface area contributed by atoms with Crippen molar-refractivity contribution >= 4 is 17.5 Å². The van der Waals surface area contributed by atoms with Crippen LogP contribution in [0.15, 0.2) is 12.1 Å². The molecule has 5 heteroatoms. The lowest BCUT2D eigenvalue weighted by Crippen LogP contribution is -2.39.